The van der Waals surface area contributed by atoms with Crippen LogP contribution >= 0.6 is 27.3 Å². The number of nitrogens with zero attached hydrogens (tertiary/aromatic N) is 3. The zero-order valence-corrected chi connectivity index (χ0v) is 16.8. The standard InChI is InChI=1S/C16H14BrN3O4S2/c1-19(16(21)22)7-11-5-15(13-9-25-10-14(13)17)20(8-11)26(23,24)12-3-2-4-18-6-12/h2-6,8-10H,7H2,1H3,(H,21,22). The summed E-state index contributed by atoms with van der Waals surface area (Å²) >= 11 is 4.86. The van der Waals surface area contributed by atoms with Crippen LogP contribution in [-0.4, -0.2) is 40.5 Å². The summed E-state index contributed by atoms with van der Waals surface area (Å²) in [4.78, 5) is 16.1. The summed E-state index contributed by atoms with van der Waals surface area (Å²) in [6, 6.07) is 4.70. The van der Waals surface area contributed by atoms with Crippen LogP contribution in [0.2, 0.25) is 0 Å². The van der Waals surface area contributed by atoms with Gasteiger partial charge in [0.15, 0.2) is 0 Å². The Bertz CT molecular complexity index is 1040. The number of aromatic nitrogens is 2. The first-order valence-corrected chi connectivity index (χ1v) is 10.5. The van der Waals surface area contributed by atoms with Gasteiger partial charge in [0.2, 0.25) is 0 Å². The third-order valence-corrected chi connectivity index (χ3v) is 7.03. The van der Waals surface area contributed by atoms with E-state index >= 15 is 0 Å². The molecule has 3 aromatic heterocycles. The molecule has 0 saturated carbocycles. The van der Waals surface area contributed by atoms with E-state index in [-0.39, 0.29) is 11.4 Å². The molecule has 1 N–H and O–H groups in total. The fraction of sp³-hybridized carbons (Fsp3) is 0.125. The first kappa shape index (κ1) is 18.6. The highest BCUT2D eigenvalue weighted by molar-refractivity contribution is 9.10. The first-order valence-electron chi connectivity index (χ1n) is 7.33. The molecule has 3 aromatic rings. The van der Waals surface area contributed by atoms with Crippen LogP contribution in [0.25, 0.3) is 11.3 Å². The van der Waals surface area contributed by atoms with E-state index in [2.05, 4.69) is 20.9 Å². The van der Waals surface area contributed by atoms with Crippen LogP contribution in [0.5, 0.6) is 0 Å². The molecule has 3 rings (SSSR count). The van der Waals surface area contributed by atoms with Crippen molar-refractivity contribution in [2.45, 2.75) is 11.4 Å². The largest absolute Gasteiger partial charge is 0.465 e. The van der Waals surface area contributed by atoms with Gasteiger partial charge in [0.05, 0.1) is 12.2 Å². The second kappa shape index (κ2) is 7.22. The van der Waals surface area contributed by atoms with Gasteiger partial charge in [-0.15, -0.1) is 0 Å². The number of thiophene rings is 1. The average Bonchev–Trinajstić information content (AvgIpc) is 3.21. The van der Waals surface area contributed by atoms with Crippen LogP contribution in [0.1, 0.15) is 5.56 Å². The fourth-order valence-electron chi connectivity index (χ4n) is 2.40. The van der Waals surface area contributed by atoms with Crippen LogP contribution in [0, 0.1) is 0 Å². The molecule has 26 heavy (non-hydrogen) atoms. The molecular formula is C16H14BrN3O4S2. The molecule has 0 unspecified atom stereocenters. The van der Waals surface area contributed by atoms with Gasteiger partial charge in [-0.05, 0) is 39.7 Å². The summed E-state index contributed by atoms with van der Waals surface area (Å²) in [7, 11) is -2.45. The van der Waals surface area contributed by atoms with Gasteiger partial charge in [0.25, 0.3) is 10.0 Å². The summed E-state index contributed by atoms with van der Waals surface area (Å²) in [6.45, 7) is 0.0691. The molecule has 1 amide bonds. The highest BCUT2D eigenvalue weighted by Crippen LogP contribution is 2.35. The Kier molecular flexibility index (Phi) is 5.17. The Balaban J connectivity index is 2.15. The van der Waals surface area contributed by atoms with Crippen molar-refractivity contribution in [2.24, 2.45) is 0 Å². The molecule has 10 heteroatoms. The van der Waals surface area contributed by atoms with E-state index < -0.39 is 16.1 Å². The molecule has 0 fully saturated rings. The lowest BCUT2D eigenvalue weighted by Gasteiger charge is -2.11. The maximum atomic E-state index is 13.1. The number of pyridine rings is 1. The summed E-state index contributed by atoms with van der Waals surface area (Å²) in [5.74, 6) is 0. The smallest absolute Gasteiger partial charge is 0.407 e. The van der Waals surface area contributed by atoms with E-state index in [1.165, 1.54) is 47.0 Å². The minimum atomic E-state index is -3.88. The number of amides is 1. The summed E-state index contributed by atoms with van der Waals surface area (Å²) in [5.41, 5.74) is 1.73. The van der Waals surface area contributed by atoms with Crippen LogP contribution in [-0.2, 0) is 16.6 Å². The van der Waals surface area contributed by atoms with Gasteiger partial charge in [-0.2, -0.15) is 11.3 Å². The molecule has 0 aliphatic heterocycles. The molecule has 136 valence electrons. The molecule has 3 heterocycles. The molecule has 0 atom stereocenters. The SMILES string of the molecule is CN(Cc1cc(-c2cscc2Br)n(S(=O)(=O)c2cccnc2)c1)C(=O)O. The summed E-state index contributed by atoms with van der Waals surface area (Å²) < 4.78 is 28.1. The Morgan fingerprint density at radius 1 is 1.42 bits per heavy atom. The van der Waals surface area contributed by atoms with Crippen molar-refractivity contribution < 1.29 is 18.3 Å². The van der Waals surface area contributed by atoms with E-state index in [1.54, 1.807) is 12.1 Å². The van der Waals surface area contributed by atoms with Gasteiger partial charge in [0, 0.05) is 46.4 Å². The minimum Gasteiger partial charge on any atom is -0.465 e. The molecule has 0 aromatic carbocycles. The molecule has 0 saturated heterocycles. The molecule has 0 spiro atoms. The highest BCUT2D eigenvalue weighted by atomic mass is 79.9. The van der Waals surface area contributed by atoms with E-state index in [4.69, 9.17) is 5.11 Å². The Morgan fingerprint density at radius 2 is 2.19 bits per heavy atom. The van der Waals surface area contributed by atoms with Gasteiger partial charge in [0.1, 0.15) is 4.90 Å². The van der Waals surface area contributed by atoms with Crippen molar-refractivity contribution in [1.82, 2.24) is 13.9 Å². The van der Waals surface area contributed by atoms with Crippen LogP contribution in [0.3, 0.4) is 0 Å². The summed E-state index contributed by atoms with van der Waals surface area (Å²) in [5, 5.41) is 12.8. The van der Waals surface area contributed by atoms with Gasteiger partial charge < -0.3 is 10.0 Å². The second-order valence-corrected chi connectivity index (χ2v) is 8.91. The van der Waals surface area contributed by atoms with Crippen molar-refractivity contribution in [3.05, 3.63) is 57.6 Å². The normalized spacial score (nSPS) is 11.5. The summed E-state index contributed by atoms with van der Waals surface area (Å²) in [6.07, 6.45) is 3.13. The molecular weight excluding hydrogens is 442 g/mol. The Labute approximate surface area is 162 Å². The monoisotopic (exact) mass is 455 g/mol. The van der Waals surface area contributed by atoms with Crippen LogP contribution in [0.15, 0.2) is 56.9 Å². The maximum absolute atomic E-state index is 13.1. The number of halogens is 1. The van der Waals surface area contributed by atoms with Gasteiger partial charge >= 0.3 is 6.09 Å². The van der Waals surface area contributed by atoms with E-state index in [0.29, 0.717) is 16.8 Å². The Morgan fingerprint density at radius 3 is 2.77 bits per heavy atom. The third-order valence-electron chi connectivity index (χ3n) is 3.67. The quantitative estimate of drug-likeness (QED) is 0.632. The van der Waals surface area contributed by atoms with Gasteiger partial charge in [-0.3, -0.25) is 4.98 Å². The number of carbonyl (C=O) groups is 1. The van der Waals surface area contributed by atoms with Gasteiger partial charge in [-0.1, -0.05) is 0 Å². The lowest BCUT2D eigenvalue weighted by molar-refractivity contribution is 0.154. The molecule has 0 bridgehead atoms. The van der Waals surface area contributed by atoms with Crippen LogP contribution < -0.4 is 0 Å². The minimum absolute atomic E-state index is 0.0568. The second-order valence-electron chi connectivity index (χ2n) is 5.50. The molecule has 0 aliphatic carbocycles. The molecule has 7 nitrogen and oxygen atoms in total. The number of rotatable bonds is 5. The third kappa shape index (κ3) is 3.53. The van der Waals surface area contributed by atoms with Crippen molar-refractivity contribution in [3.8, 4) is 11.3 Å². The zero-order chi connectivity index (χ0) is 18.9. The number of hydrogen-bond donors (Lipinski definition) is 1. The topological polar surface area (TPSA) is 92.5 Å². The highest BCUT2D eigenvalue weighted by Gasteiger charge is 2.24. The predicted octanol–water partition coefficient (Wildman–Crippen LogP) is 3.72. The van der Waals surface area contributed by atoms with Gasteiger partial charge in [-0.25, -0.2) is 17.2 Å². The zero-order valence-electron chi connectivity index (χ0n) is 13.5. The lowest BCUT2D eigenvalue weighted by Crippen LogP contribution is -2.23. The van der Waals surface area contributed by atoms with Crippen molar-refractivity contribution >= 4 is 43.4 Å². The van der Waals surface area contributed by atoms with Crippen molar-refractivity contribution in [2.75, 3.05) is 7.05 Å². The lowest BCUT2D eigenvalue weighted by atomic mass is 10.2. The number of carboxylic acid groups (broad SMARTS) is 1. The van der Waals surface area contributed by atoms with E-state index in [9.17, 15) is 13.2 Å². The van der Waals surface area contributed by atoms with Crippen molar-refractivity contribution in [3.63, 3.8) is 0 Å². The Hall–Kier alpha value is -2.17. The molecule has 0 aliphatic rings. The van der Waals surface area contributed by atoms with E-state index in [1.807, 2.05) is 10.8 Å². The predicted molar refractivity (Wildman–Crippen MR) is 102 cm³/mol. The fourth-order valence-corrected chi connectivity index (χ4v) is 5.24. The number of hydrogen-bond acceptors (Lipinski definition) is 5. The van der Waals surface area contributed by atoms with Crippen LogP contribution in [0.4, 0.5) is 4.79 Å². The first-order chi connectivity index (χ1) is 12.3. The van der Waals surface area contributed by atoms with Crippen molar-refractivity contribution in [1.29, 1.82) is 0 Å². The average molecular weight is 456 g/mol. The van der Waals surface area contributed by atoms with E-state index in [0.717, 1.165) is 9.37 Å². The maximum Gasteiger partial charge on any atom is 0.407 e. The molecule has 0 radical (unpaired) electrons.